The molecule has 136 valence electrons. The maximum atomic E-state index is 12.4. The summed E-state index contributed by atoms with van der Waals surface area (Å²) in [7, 11) is 0. The van der Waals surface area contributed by atoms with E-state index in [4.69, 9.17) is 16.3 Å². The Morgan fingerprint density at radius 1 is 1.24 bits per heavy atom. The minimum atomic E-state index is 0.0378. The molecule has 1 aromatic rings. The van der Waals surface area contributed by atoms with E-state index < -0.39 is 0 Å². The van der Waals surface area contributed by atoms with E-state index in [1.54, 1.807) is 31.2 Å². The van der Waals surface area contributed by atoms with Crippen LogP contribution in [-0.2, 0) is 9.59 Å². The number of halogens is 1. The lowest BCUT2D eigenvalue weighted by Gasteiger charge is -2.37. The molecule has 0 radical (unpaired) electrons. The molecule has 1 aliphatic heterocycles. The molecule has 1 N–H and O–H groups in total. The van der Waals surface area contributed by atoms with E-state index >= 15 is 0 Å². The van der Waals surface area contributed by atoms with E-state index in [9.17, 15) is 9.59 Å². The summed E-state index contributed by atoms with van der Waals surface area (Å²) < 4.78 is 5.57. The highest BCUT2D eigenvalue weighted by Gasteiger charge is 2.42. The normalized spacial score (nSPS) is 25.8. The highest BCUT2D eigenvalue weighted by atomic mass is 35.5. The van der Waals surface area contributed by atoms with Crippen molar-refractivity contribution < 1.29 is 14.3 Å². The van der Waals surface area contributed by atoms with Gasteiger partial charge in [-0.25, -0.2) is 0 Å². The molecule has 25 heavy (non-hydrogen) atoms. The molecule has 1 heterocycles. The van der Waals surface area contributed by atoms with Gasteiger partial charge in [0.1, 0.15) is 5.75 Å². The molecule has 1 aliphatic carbocycles. The average Bonchev–Trinajstić information content (AvgIpc) is 3.00. The molecule has 3 rings (SSSR count). The Hall–Kier alpha value is -1.75. The third-order valence-electron chi connectivity index (χ3n) is 5.42. The van der Waals surface area contributed by atoms with Gasteiger partial charge in [0, 0.05) is 31.1 Å². The lowest BCUT2D eigenvalue weighted by atomic mass is 9.72. The molecule has 1 aromatic carbocycles. The monoisotopic (exact) mass is 364 g/mol. The van der Waals surface area contributed by atoms with Crippen molar-refractivity contribution in [3.05, 3.63) is 29.3 Å². The first kappa shape index (κ1) is 18.1. The van der Waals surface area contributed by atoms with Crippen molar-refractivity contribution in [2.75, 3.05) is 19.7 Å². The Labute approximate surface area is 153 Å². The van der Waals surface area contributed by atoms with E-state index in [-0.39, 0.29) is 23.8 Å². The number of carbonyl (C=O) groups is 2. The molecule has 0 bridgehead atoms. The van der Waals surface area contributed by atoms with Crippen LogP contribution >= 0.6 is 11.6 Å². The van der Waals surface area contributed by atoms with Crippen molar-refractivity contribution in [2.45, 2.75) is 45.1 Å². The summed E-state index contributed by atoms with van der Waals surface area (Å²) in [6.07, 6.45) is 5.19. The van der Waals surface area contributed by atoms with Gasteiger partial charge >= 0.3 is 0 Å². The highest BCUT2D eigenvalue weighted by molar-refractivity contribution is 6.30. The summed E-state index contributed by atoms with van der Waals surface area (Å²) in [6.45, 7) is 3.24. The van der Waals surface area contributed by atoms with Gasteiger partial charge in [-0.3, -0.25) is 9.59 Å². The number of hydrogen-bond acceptors (Lipinski definition) is 3. The van der Waals surface area contributed by atoms with Crippen LogP contribution < -0.4 is 10.1 Å². The molecule has 2 fully saturated rings. The molecular weight excluding hydrogens is 340 g/mol. The quantitative estimate of drug-likeness (QED) is 0.893. The van der Waals surface area contributed by atoms with Gasteiger partial charge in [0.25, 0.3) is 5.91 Å². The van der Waals surface area contributed by atoms with Crippen LogP contribution in [0.4, 0.5) is 0 Å². The molecule has 0 aromatic heterocycles. The Bertz CT molecular complexity index is 624. The predicted octanol–water partition coefficient (Wildman–Crippen LogP) is 3.02. The summed E-state index contributed by atoms with van der Waals surface area (Å²) in [5.74, 6) is 0.738. The molecule has 0 unspecified atom stereocenters. The lowest BCUT2D eigenvalue weighted by molar-refractivity contribution is -0.132. The Kier molecular flexibility index (Phi) is 5.52. The van der Waals surface area contributed by atoms with Crippen molar-refractivity contribution in [1.29, 1.82) is 0 Å². The molecule has 1 spiro atoms. The largest absolute Gasteiger partial charge is 0.484 e. The van der Waals surface area contributed by atoms with Crippen molar-refractivity contribution >= 4 is 23.4 Å². The Morgan fingerprint density at radius 2 is 1.92 bits per heavy atom. The molecule has 0 atom stereocenters. The number of ether oxygens (including phenoxy) is 1. The van der Waals surface area contributed by atoms with E-state index in [0.29, 0.717) is 16.8 Å². The van der Waals surface area contributed by atoms with Gasteiger partial charge in [-0.05, 0) is 61.8 Å². The Morgan fingerprint density at radius 3 is 2.56 bits per heavy atom. The van der Waals surface area contributed by atoms with Crippen LogP contribution in [0.15, 0.2) is 24.3 Å². The molecule has 2 amide bonds. The van der Waals surface area contributed by atoms with Crippen molar-refractivity contribution in [3.63, 3.8) is 0 Å². The van der Waals surface area contributed by atoms with Crippen molar-refractivity contribution in [3.8, 4) is 5.75 Å². The number of nitrogens with zero attached hydrogens (tertiary/aromatic N) is 1. The maximum Gasteiger partial charge on any atom is 0.260 e. The first-order valence-electron chi connectivity index (χ1n) is 8.89. The van der Waals surface area contributed by atoms with E-state index in [2.05, 4.69) is 5.32 Å². The standard InChI is InChI=1S/C19H25ClN2O3/c1-14(23)21-16-6-8-19(9-7-16)10-11-22(13-19)18(24)12-25-17-4-2-15(20)3-5-17/h2-5,16H,6-13H2,1H3,(H,21,23). The first-order chi connectivity index (χ1) is 12.0. The van der Waals surface area contributed by atoms with Crippen LogP contribution in [0.5, 0.6) is 5.75 Å². The number of amides is 2. The van der Waals surface area contributed by atoms with E-state index in [1.807, 2.05) is 4.90 Å². The smallest absolute Gasteiger partial charge is 0.260 e. The summed E-state index contributed by atoms with van der Waals surface area (Å²) in [4.78, 5) is 25.6. The van der Waals surface area contributed by atoms with Gasteiger partial charge in [0.2, 0.25) is 5.91 Å². The Balaban J connectivity index is 1.46. The topological polar surface area (TPSA) is 58.6 Å². The van der Waals surface area contributed by atoms with Gasteiger partial charge in [0.05, 0.1) is 0 Å². The summed E-state index contributed by atoms with van der Waals surface area (Å²) in [6, 6.07) is 7.33. The summed E-state index contributed by atoms with van der Waals surface area (Å²) in [5.41, 5.74) is 0.227. The van der Waals surface area contributed by atoms with Crippen LogP contribution in [0.25, 0.3) is 0 Å². The average molecular weight is 365 g/mol. The number of rotatable bonds is 4. The minimum Gasteiger partial charge on any atom is -0.484 e. The van der Waals surface area contributed by atoms with Crippen LogP contribution in [-0.4, -0.2) is 42.5 Å². The zero-order valence-corrected chi connectivity index (χ0v) is 15.3. The number of likely N-dealkylation sites (tertiary alicyclic amines) is 1. The van der Waals surface area contributed by atoms with Gasteiger partial charge in [-0.1, -0.05) is 11.6 Å². The second-order valence-corrected chi connectivity index (χ2v) is 7.72. The zero-order valence-electron chi connectivity index (χ0n) is 14.6. The van der Waals surface area contributed by atoms with Crippen molar-refractivity contribution in [2.24, 2.45) is 5.41 Å². The second kappa shape index (κ2) is 7.65. The van der Waals surface area contributed by atoms with Gasteiger partial charge in [-0.15, -0.1) is 0 Å². The lowest BCUT2D eigenvalue weighted by Crippen LogP contribution is -2.41. The SMILES string of the molecule is CC(=O)NC1CCC2(CC1)CCN(C(=O)COc1ccc(Cl)cc1)C2. The number of carbonyl (C=O) groups excluding carboxylic acids is 2. The number of nitrogens with one attached hydrogen (secondary N) is 1. The predicted molar refractivity (Wildman–Crippen MR) is 96.6 cm³/mol. The fourth-order valence-corrected chi connectivity index (χ4v) is 4.11. The summed E-state index contributed by atoms with van der Waals surface area (Å²) >= 11 is 5.84. The summed E-state index contributed by atoms with van der Waals surface area (Å²) in [5, 5.41) is 3.66. The molecule has 2 aliphatic rings. The molecular formula is C19H25ClN2O3. The maximum absolute atomic E-state index is 12.4. The molecule has 1 saturated carbocycles. The molecule has 6 heteroatoms. The van der Waals surface area contributed by atoms with Gasteiger partial charge in [0.15, 0.2) is 6.61 Å². The minimum absolute atomic E-state index is 0.0378. The number of hydrogen-bond donors (Lipinski definition) is 1. The third kappa shape index (κ3) is 4.66. The van der Waals surface area contributed by atoms with Crippen LogP contribution in [0.3, 0.4) is 0 Å². The second-order valence-electron chi connectivity index (χ2n) is 7.28. The fraction of sp³-hybridized carbons (Fsp3) is 0.579. The van der Waals surface area contributed by atoms with Crippen LogP contribution in [0.2, 0.25) is 5.02 Å². The molecule has 5 nitrogen and oxygen atoms in total. The van der Waals surface area contributed by atoms with Crippen LogP contribution in [0, 0.1) is 5.41 Å². The van der Waals surface area contributed by atoms with Gasteiger partial charge < -0.3 is 15.0 Å². The fourth-order valence-electron chi connectivity index (χ4n) is 3.99. The molecule has 1 saturated heterocycles. The van der Waals surface area contributed by atoms with Crippen molar-refractivity contribution in [1.82, 2.24) is 10.2 Å². The zero-order chi connectivity index (χ0) is 17.9. The van der Waals surface area contributed by atoms with E-state index in [1.165, 1.54) is 0 Å². The van der Waals surface area contributed by atoms with Crippen LogP contribution in [0.1, 0.15) is 39.0 Å². The highest BCUT2D eigenvalue weighted by Crippen LogP contribution is 2.43. The first-order valence-corrected chi connectivity index (χ1v) is 9.27. The third-order valence-corrected chi connectivity index (χ3v) is 5.67. The van der Waals surface area contributed by atoms with Gasteiger partial charge in [-0.2, -0.15) is 0 Å². The number of benzene rings is 1. The van der Waals surface area contributed by atoms with E-state index in [0.717, 1.165) is 45.2 Å².